The summed E-state index contributed by atoms with van der Waals surface area (Å²) in [7, 11) is 0. The Morgan fingerprint density at radius 3 is 2.38 bits per heavy atom. The molecule has 3 rings (SSSR count). The van der Waals surface area contributed by atoms with E-state index in [0.29, 0.717) is 12.3 Å². The second-order valence-corrected chi connectivity index (χ2v) is 7.96. The minimum absolute atomic E-state index is 0.180. The Labute approximate surface area is 171 Å². The molecule has 0 spiro atoms. The molecule has 0 heterocycles. The molecule has 4 heteroatoms. The number of hydrogen-bond acceptors (Lipinski definition) is 1. The van der Waals surface area contributed by atoms with Gasteiger partial charge in [0.15, 0.2) is 0 Å². The molecule has 1 N–H and O–H groups in total. The van der Waals surface area contributed by atoms with E-state index in [-0.39, 0.29) is 6.04 Å². The molecule has 1 nitrogen and oxygen atoms in total. The number of hydrogen-bond donors (Lipinski definition) is 1. The maximum atomic E-state index is 12.8. The van der Waals surface area contributed by atoms with Gasteiger partial charge in [0.25, 0.3) is 0 Å². The minimum Gasteiger partial charge on any atom is -0.310 e. The van der Waals surface area contributed by atoms with E-state index in [4.69, 9.17) is 0 Å². The van der Waals surface area contributed by atoms with Crippen molar-refractivity contribution in [2.45, 2.75) is 51.7 Å². The molecule has 0 saturated carbocycles. The third-order valence-corrected chi connectivity index (χ3v) is 5.42. The first-order valence-corrected chi connectivity index (χ1v) is 10.2. The lowest BCUT2D eigenvalue weighted by atomic mass is 10.0. The fraction of sp³-hybridized carbons (Fsp3) is 0.360. The predicted octanol–water partition coefficient (Wildman–Crippen LogP) is 7.22. The number of alkyl halides is 3. The van der Waals surface area contributed by atoms with Crippen LogP contribution >= 0.6 is 0 Å². The average Bonchev–Trinajstić information content (AvgIpc) is 2.94. The molecule has 0 fully saturated rings. The second-order valence-electron chi connectivity index (χ2n) is 7.96. The van der Waals surface area contributed by atoms with Gasteiger partial charge in [-0.3, -0.25) is 0 Å². The van der Waals surface area contributed by atoms with Crippen molar-refractivity contribution in [2.75, 3.05) is 6.54 Å². The van der Waals surface area contributed by atoms with Gasteiger partial charge in [-0.25, -0.2) is 0 Å². The van der Waals surface area contributed by atoms with Crippen molar-refractivity contribution in [3.05, 3.63) is 82.9 Å². The molecule has 1 aromatic rings. The second kappa shape index (κ2) is 9.00. The molecule has 0 amide bonds. The maximum Gasteiger partial charge on any atom is 0.416 e. The van der Waals surface area contributed by atoms with E-state index < -0.39 is 11.7 Å². The molecule has 1 aromatic carbocycles. The lowest BCUT2D eigenvalue weighted by Gasteiger charge is -2.15. The van der Waals surface area contributed by atoms with Gasteiger partial charge in [0.2, 0.25) is 0 Å². The molecule has 29 heavy (non-hydrogen) atoms. The van der Waals surface area contributed by atoms with Crippen LogP contribution in [0.25, 0.3) is 11.1 Å². The SMILES string of the molecule is CC(C)c1cccc2c(C(C)NCCCc3cccc(C(F)(F)F)c3)ccc-2c1. The standard InChI is InChI=1S/C25H28F3N/c1-17(2)20-9-5-11-24-21(16-20)12-13-23(24)18(3)29-14-6-8-19-7-4-10-22(15-19)25(26,27)28/h4-5,7,9-13,15-18,29H,6,8,14H2,1-3H3. The normalized spacial score (nSPS) is 13.2. The van der Waals surface area contributed by atoms with Gasteiger partial charge in [-0.2, -0.15) is 13.2 Å². The minimum atomic E-state index is -4.28. The molecule has 0 bridgehead atoms. The number of aryl methyl sites for hydroxylation is 1. The Balaban J connectivity index is 1.58. The van der Waals surface area contributed by atoms with Crippen molar-refractivity contribution in [3.8, 4) is 11.1 Å². The molecular weight excluding hydrogens is 371 g/mol. The summed E-state index contributed by atoms with van der Waals surface area (Å²) in [5.41, 5.74) is 5.21. The highest BCUT2D eigenvalue weighted by Crippen LogP contribution is 2.33. The van der Waals surface area contributed by atoms with Gasteiger partial charge in [-0.15, -0.1) is 0 Å². The van der Waals surface area contributed by atoms with Crippen molar-refractivity contribution in [3.63, 3.8) is 0 Å². The van der Waals surface area contributed by atoms with Gasteiger partial charge in [-0.05, 0) is 66.1 Å². The first-order chi connectivity index (χ1) is 13.8. The zero-order valence-electron chi connectivity index (χ0n) is 17.2. The highest BCUT2D eigenvalue weighted by Gasteiger charge is 2.30. The van der Waals surface area contributed by atoms with Crippen molar-refractivity contribution >= 4 is 0 Å². The first kappa shape index (κ1) is 21.4. The van der Waals surface area contributed by atoms with Gasteiger partial charge in [0, 0.05) is 6.04 Å². The van der Waals surface area contributed by atoms with Crippen molar-refractivity contribution < 1.29 is 13.2 Å². The van der Waals surface area contributed by atoms with Crippen LogP contribution in [0.1, 0.15) is 61.4 Å². The first-order valence-electron chi connectivity index (χ1n) is 10.2. The number of rotatable bonds is 7. The van der Waals surface area contributed by atoms with Crippen LogP contribution in [-0.2, 0) is 12.6 Å². The van der Waals surface area contributed by atoms with Crippen molar-refractivity contribution in [1.82, 2.24) is 5.32 Å². The van der Waals surface area contributed by atoms with E-state index in [9.17, 15) is 13.2 Å². The number of nitrogens with one attached hydrogen (secondary N) is 1. The van der Waals surface area contributed by atoms with E-state index in [0.717, 1.165) is 24.6 Å². The van der Waals surface area contributed by atoms with Crippen LogP contribution in [0, 0.1) is 0 Å². The Hall–Kier alpha value is -2.33. The van der Waals surface area contributed by atoms with Crippen LogP contribution in [0.3, 0.4) is 0 Å². The fourth-order valence-electron chi connectivity index (χ4n) is 3.69. The van der Waals surface area contributed by atoms with Crippen LogP contribution in [0.15, 0.2) is 60.7 Å². The van der Waals surface area contributed by atoms with Crippen LogP contribution in [0.5, 0.6) is 0 Å². The number of halogens is 3. The molecule has 154 valence electrons. The lowest BCUT2D eigenvalue weighted by molar-refractivity contribution is -0.137. The summed E-state index contributed by atoms with van der Waals surface area (Å²) < 4.78 is 38.5. The Kier molecular flexibility index (Phi) is 6.63. The van der Waals surface area contributed by atoms with Crippen molar-refractivity contribution in [2.24, 2.45) is 0 Å². The van der Waals surface area contributed by atoms with Crippen LogP contribution in [0.4, 0.5) is 13.2 Å². The van der Waals surface area contributed by atoms with E-state index in [1.165, 1.54) is 34.4 Å². The van der Waals surface area contributed by atoms with Gasteiger partial charge >= 0.3 is 6.18 Å². The molecule has 1 atom stereocenters. The summed E-state index contributed by atoms with van der Waals surface area (Å²) in [5, 5.41) is 3.52. The molecule has 0 aromatic heterocycles. The third-order valence-electron chi connectivity index (χ3n) is 5.42. The fourth-order valence-corrected chi connectivity index (χ4v) is 3.69. The lowest BCUT2D eigenvalue weighted by Crippen LogP contribution is -2.20. The van der Waals surface area contributed by atoms with Crippen LogP contribution in [0.2, 0.25) is 0 Å². The van der Waals surface area contributed by atoms with Gasteiger partial charge in [0.1, 0.15) is 0 Å². The molecule has 2 aliphatic carbocycles. The maximum absolute atomic E-state index is 12.8. The zero-order chi connectivity index (χ0) is 21.0. The average molecular weight is 400 g/mol. The van der Waals surface area contributed by atoms with E-state index in [2.05, 4.69) is 62.5 Å². The zero-order valence-corrected chi connectivity index (χ0v) is 17.2. The quantitative estimate of drug-likeness (QED) is 0.414. The highest BCUT2D eigenvalue weighted by atomic mass is 19.4. The van der Waals surface area contributed by atoms with Crippen LogP contribution in [-0.4, -0.2) is 6.54 Å². The summed E-state index contributed by atoms with van der Waals surface area (Å²) >= 11 is 0. The predicted molar refractivity (Wildman–Crippen MR) is 113 cm³/mol. The Morgan fingerprint density at radius 1 is 0.897 bits per heavy atom. The highest BCUT2D eigenvalue weighted by molar-refractivity contribution is 5.71. The largest absolute Gasteiger partial charge is 0.416 e. The van der Waals surface area contributed by atoms with E-state index >= 15 is 0 Å². The van der Waals surface area contributed by atoms with E-state index in [1.54, 1.807) is 6.07 Å². The van der Waals surface area contributed by atoms with Crippen molar-refractivity contribution in [1.29, 1.82) is 0 Å². The molecule has 0 saturated heterocycles. The molecule has 0 aliphatic heterocycles. The van der Waals surface area contributed by atoms with Gasteiger partial charge in [-0.1, -0.05) is 68.4 Å². The molecule has 2 aliphatic rings. The number of fused-ring (bicyclic) bond motifs is 1. The summed E-state index contributed by atoms with van der Waals surface area (Å²) in [6.45, 7) is 7.27. The van der Waals surface area contributed by atoms with E-state index in [1.807, 2.05) is 0 Å². The van der Waals surface area contributed by atoms with Crippen LogP contribution < -0.4 is 5.32 Å². The number of benzene rings is 1. The molecule has 1 unspecified atom stereocenters. The third kappa shape index (κ3) is 5.39. The summed E-state index contributed by atoms with van der Waals surface area (Å²) in [6, 6.07) is 18.8. The summed E-state index contributed by atoms with van der Waals surface area (Å²) in [6.07, 6.45) is -2.87. The Bertz CT molecular complexity index is 914. The monoisotopic (exact) mass is 399 g/mol. The Morgan fingerprint density at radius 2 is 1.66 bits per heavy atom. The van der Waals surface area contributed by atoms with Gasteiger partial charge in [0.05, 0.1) is 5.56 Å². The molecule has 0 radical (unpaired) electrons. The van der Waals surface area contributed by atoms with Gasteiger partial charge < -0.3 is 5.32 Å². The smallest absolute Gasteiger partial charge is 0.310 e. The molecular formula is C25H28F3N. The summed E-state index contributed by atoms with van der Waals surface area (Å²) in [4.78, 5) is 0. The summed E-state index contributed by atoms with van der Waals surface area (Å²) in [5.74, 6) is 0.482. The topological polar surface area (TPSA) is 12.0 Å².